The summed E-state index contributed by atoms with van der Waals surface area (Å²) < 4.78 is 11.2. The van der Waals surface area contributed by atoms with Gasteiger partial charge < -0.3 is 14.5 Å². The lowest BCUT2D eigenvalue weighted by Crippen LogP contribution is -2.08. The van der Waals surface area contributed by atoms with Crippen molar-refractivity contribution in [3.05, 3.63) is 47.9 Å². The highest BCUT2D eigenvalue weighted by molar-refractivity contribution is 5.58. The van der Waals surface area contributed by atoms with Gasteiger partial charge in [-0.1, -0.05) is 13.0 Å². The summed E-state index contributed by atoms with van der Waals surface area (Å²) in [6.07, 6.45) is 2.69. The molecule has 19 heavy (non-hydrogen) atoms. The number of nitrogens with one attached hydrogen (secondary N) is 1. The van der Waals surface area contributed by atoms with E-state index in [0.29, 0.717) is 0 Å². The zero-order chi connectivity index (χ0) is 13.7. The maximum Gasteiger partial charge on any atom is 0.142 e. The number of furan rings is 1. The Kier molecular flexibility index (Phi) is 4.50. The van der Waals surface area contributed by atoms with Crippen molar-refractivity contribution < 1.29 is 9.15 Å². The van der Waals surface area contributed by atoms with Gasteiger partial charge in [-0.05, 0) is 50.1 Å². The van der Waals surface area contributed by atoms with Crippen molar-refractivity contribution in [3.63, 3.8) is 0 Å². The van der Waals surface area contributed by atoms with Gasteiger partial charge >= 0.3 is 0 Å². The molecule has 1 unspecified atom stereocenters. The van der Waals surface area contributed by atoms with Crippen molar-refractivity contribution in [1.29, 1.82) is 0 Å². The van der Waals surface area contributed by atoms with Gasteiger partial charge in [0.1, 0.15) is 11.5 Å². The fraction of sp³-hybridized carbons (Fsp3) is 0.375. The van der Waals surface area contributed by atoms with Crippen LogP contribution in [0.5, 0.6) is 5.75 Å². The van der Waals surface area contributed by atoms with Gasteiger partial charge in [-0.2, -0.15) is 0 Å². The van der Waals surface area contributed by atoms with Gasteiger partial charge in [0.15, 0.2) is 0 Å². The molecule has 1 heterocycles. The number of benzene rings is 1. The van der Waals surface area contributed by atoms with Gasteiger partial charge in [-0.15, -0.1) is 0 Å². The third kappa shape index (κ3) is 3.53. The van der Waals surface area contributed by atoms with Crippen LogP contribution in [-0.2, 0) is 0 Å². The molecule has 0 radical (unpaired) electrons. The summed E-state index contributed by atoms with van der Waals surface area (Å²) in [6, 6.07) is 10.2. The molecule has 0 saturated heterocycles. The Hall–Kier alpha value is -1.90. The number of ether oxygens (including phenoxy) is 1. The van der Waals surface area contributed by atoms with Crippen LogP contribution >= 0.6 is 0 Å². The monoisotopic (exact) mass is 259 g/mol. The molecule has 2 aromatic rings. The Balaban J connectivity index is 2.14. The van der Waals surface area contributed by atoms with E-state index >= 15 is 0 Å². The lowest BCUT2D eigenvalue weighted by Gasteiger charge is -2.17. The fourth-order valence-corrected chi connectivity index (χ4v) is 1.92. The molecule has 1 atom stereocenters. The summed E-state index contributed by atoms with van der Waals surface area (Å²) in [7, 11) is 0. The molecule has 0 amide bonds. The number of aryl methyl sites for hydroxylation is 1. The van der Waals surface area contributed by atoms with E-state index in [1.165, 1.54) is 5.56 Å². The molecule has 0 bridgehead atoms. The summed E-state index contributed by atoms with van der Waals surface area (Å²) >= 11 is 0. The number of anilines is 1. The van der Waals surface area contributed by atoms with Crippen molar-refractivity contribution in [2.45, 2.75) is 33.2 Å². The highest BCUT2D eigenvalue weighted by atomic mass is 16.5. The van der Waals surface area contributed by atoms with Gasteiger partial charge in [0.25, 0.3) is 0 Å². The van der Waals surface area contributed by atoms with Crippen LogP contribution in [0, 0.1) is 6.92 Å². The van der Waals surface area contributed by atoms with Crippen LogP contribution in [0.15, 0.2) is 41.0 Å². The van der Waals surface area contributed by atoms with E-state index in [4.69, 9.17) is 9.15 Å². The number of rotatable bonds is 6. The number of hydrogen-bond donors (Lipinski definition) is 1. The zero-order valence-corrected chi connectivity index (χ0v) is 11.8. The van der Waals surface area contributed by atoms with Crippen LogP contribution in [0.3, 0.4) is 0 Å². The highest BCUT2D eigenvalue weighted by Gasteiger charge is 2.11. The Morgan fingerprint density at radius 1 is 1.32 bits per heavy atom. The molecule has 0 aliphatic carbocycles. The molecule has 0 saturated carbocycles. The van der Waals surface area contributed by atoms with Gasteiger partial charge in [-0.25, -0.2) is 0 Å². The predicted octanol–water partition coefficient (Wildman–Crippen LogP) is 4.55. The quantitative estimate of drug-likeness (QED) is 0.826. The molecule has 1 aromatic carbocycles. The molecule has 3 nitrogen and oxygen atoms in total. The highest BCUT2D eigenvalue weighted by Crippen LogP contribution is 2.29. The average Bonchev–Trinajstić information content (AvgIpc) is 2.93. The Morgan fingerprint density at radius 3 is 2.84 bits per heavy atom. The first-order chi connectivity index (χ1) is 9.20. The van der Waals surface area contributed by atoms with Crippen molar-refractivity contribution in [1.82, 2.24) is 0 Å². The van der Waals surface area contributed by atoms with Crippen LogP contribution in [0.1, 0.15) is 37.6 Å². The van der Waals surface area contributed by atoms with Gasteiger partial charge in [0.2, 0.25) is 0 Å². The first-order valence-corrected chi connectivity index (χ1v) is 6.74. The third-order valence-corrected chi connectivity index (χ3v) is 2.94. The summed E-state index contributed by atoms with van der Waals surface area (Å²) in [6.45, 7) is 6.97. The Labute approximate surface area is 114 Å². The number of hydrogen-bond acceptors (Lipinski definition) is 3. The lowest BCUT2D eigenvalue weighted by atomic mass is 10.2. The molecular formula is C16H21NO2. The minimum absolute atomic E-state index is 0.113. The molecule has 1 aromatic heterocycles. The topological polar surface area (TPSA) is 34.4 Å². The summed E-state index contributed by atoms with van der Waals surface area (Å²) in [5.41, 5.74) is 2.20. The molecule has 0 fully saturated rings. The van der Waals surface area contributed by atoms with Crippen molar-refractivity contribution in [3.8, 4) is 5.75 Å². The van der Waals surface area contributed by atoms with Crippen LogP contribution < -0.4 is 10.1 Å². The summed E-state index contributed by atoms with van der Waals surface area (Å²) in [4.78, 5) is 0. The van der Waals surface area contributed by atoms with Gasteiger partial charge in [0, 0.05) is 0 Å². The smallest absolute Gasteiger partial charge is 0.142 e. The predicted molar refractivity (Wildman–Crippen MR) is 77.7 cm³/mol. The van der Waals surface area contributed by atoms with Crippen LogP contribution in [-0.4, -0.2) is 6.61 Å². The zero-order valence-electron chi connectivity index (χ0n) is 11.8. The molecule has 102 valence electrons. The van der Waals surface area contributed by atoms with Crippen molar-refractivity contribution in [2.75, 3.05) is 11.9 Å². The first kappa shape index (κ1) is 13.5. The average molecular weight is 259 g/mol. The summed E-state index contributed by atoms with van der Waals surface area (Å²) in [5, 5.41) is 3.43. The van der Waals surface area contributed by atoms with Crippen molar-refractivity contribution in [2.24, 2.45) is 0 Å². The van der Waals surface area contributed by atoms with Crippen LogP contribution in [0.25, 0.3) is 0 Å². The Morgan fingerprint density at radius 2 is 2.16 bits per heavy atom. The van der Waals surface area contributed by atoms with Gasteiger partial charge in [0.05, 0.1) is 24.6 Å². The molecule has 0 aliphatic heterocycles. The molecule has 1 N–H and O–H groups in total. The van der Waals surface area contributed by atoms with Crippen LogP contribution in [0.4, 0.5) is 5.69 Å². The standard InChI is InChI=1S/C16H21NO2/c1-4-9-18-16-11-12(2)7-8-14(16)17-13(3)15-6-5-10-19-15/h5-8,10-11,13,17H,4,9H2,1-3H3. The summed E-state index contributed by atoms with van der Waals surface area (Å²) in [5.74, 6) is 1.82. The van der Waals surface area contributed by atoms with E-state index in [-0.39, 0.29) is 6.04 Å². The second kappa shape index (κ2) is 6.32. The molecule has 2 rings (SSSR count). The van der Waals surface area contributed by atoms with E-state index in [1.807, 2.05) is 12.1 Å². The largest absolute Gasteiger partial charge is 0.491 e. The molecule has 3 heteroatoms. The third-order valence-electron chi connectivity index (χ3n) is 2.94. The maximum absolute atomic E-state index is 5.79. The molecule has 0 spiro atoms. The minimum atomic E-state index is 0.113. The van der Waals surface area contributed by atoms with E-state index in [2.05, 4.69) is 44.3 Å². The minimum Gasteiger partial charge on any atom is -0.491 e. The fourth-order valence-electron chi connectivity index (χ4n) is 1.92. The van der Waals surface area contributed by atoms with Gasteiger partial charge in [-0.3, -0.25) is 0 Å². The second-order valence-electron chi connectivity index (χ2n) is 4.73. The van der Waals surface area contributed by atoms with Crippen LogP contribution in [0.2, 0.25) is 0 Å². The molecular weight excluding hydrogens is 238 g/mol. The lowest BCUT2D eigenvalue weighted by molar-refractivity contribution is 0.318. The first-order valence-electron chi connectivity index (χ1n) is 6.74. The second-order valence-corrected chi connectivity index (χ2v) is 4.73. The van der Waals surface area contributed by atoms with E-state index in [0.717, 1.165) is 30.2 Å². The normalized spacial score (nSPS) is 12.2. The van der Waals surface area contributed by atoms with E-state index in [9.17, 15) is 0 Å². The SMILES string of the molecule is CCCOc1cc(C)ccc1NC(C)c1ccco1. The maximum atomic E-state index is 5.79. The Bertz CT molecular complexity index is 505. The van der Waals surface area contributed by atoms with E-state index < -0.39 is 0 Å². The molecule has 0 aliphatic rings. The van der Waals surface area contributed by atoms with Crippen molar-refractivity contribution >= 4 is 5.69 Å². The van der Waals surface area contributed by atoms with E-state index in [1.54, 1.807) is 6.26 Å².